The summed E-state index contributed by atoms with van der Waals surface area (Å²) >= 11 is 0. The molecule has 0 bridgehead atoms. The number of anilines is 1. The van der Waals surface area contributed by atoms with Crippen LogP contribution in [0.15, 0.2) is 36.5 Å². The maximum absolute atomic E-state index is 12.9. The second kappa shape index (κ2) is 5.43. The molecule has 7 heteroatoms. The van der Waals surface area contributed by atoms with E-state index in [1.165, 1.54) is 18.2 Å². The van der Waals surface area contributed by atoms with Crippen molar-refractivity contribution >= 4 is 17.3 Å². The van der Waals surface area contributed by atoms with Crippen LogP contribution in [0.2, 0.25) is 0 Å². The number of nitro benzene ring substituents is 1. The van der Waals surface area contributed by atoms with Crippen LogP contribution in [0, 0.1) is 23.0 Å². The molecule has 0 saturated heterocycles. The number of aromatic nitrogens is 1. The first-order valence-electron chi connectivity index (χ1n) is 5.65. The van der Waals surface area contributed by atoms with Gasteiger partial charge in [0.25, 0.3) is 11.6 Å². The lowest BCUT2D eigenvalue weighted by Crippen LogP contribution is -2.13. The Hall–Kier alpha value is -2.83. The lowest BCUT2D eigenvalue weighted by molar-refractivity contribution is -0.384. The van der Waals surface area contributed by atoms with Crippen LogP contribution < -0.4 is 5.32 Å². The summed E-state index contributed by atoms with van der Waals surface area (Å²) in [5.74, 6) is -1.44. The van der Waals surface area contributed by atoms with Gasteiger partial charge in [-0.05, 0) is 24.6 Å². The summed E-state index contributed by atoms with van der Waals surface area (Å²) in [6, 6.07) is 6.69. The zero-order chi connectivity index (χ0) is 14.7. The van der Waals surface area contributed by atoms with E-state index < -0.39 is 16.8 Å². The summed E-state index contributed by atoms with van der Waals surface area (Å²) < 4.78 is 12.9. The lowest BCUT2D eigenvalue weighted by Gasteiger charge is -2.06. The minimum atomic E-state index is -0.795. The molecule has 1 heterocycles. The number of halogens is 1. The molecule has 102 valence electrons. The Kier molecular flexibility index (Phi) is 3.69. The maximum Gasteiger partial charge on any atom is 0.293 e. The van der Waals surface area contributed by atoms with Gasteiger partial charge in [-0.25, -0.2) is 4.98 Å². The molecule has 0 atom stereocenters. The van der Waals surface area contributed by atoms with Crippen molar-refractivity contribution in [3.8, 4) is 0 Å². The van der Waals surface area contributed by atoms with Gasteiger partial charge in [-0.3, -0.25) is 14.9 Å². The fourth-order valence-electron chi connectivity index (χ4n) is 1.64. The molecule has 0 spiro atoms. The highest BCUT2D eigenvalue weighted by Gasteiger charge is 2.17. The minimum Gasteiger partial charge on any atom is -0.316 e. The van der Waals surface area contributed by atoms with Crippen molar-refractivity contribution in [1.29, 1.82) is 0 Å². The van der Waals surface area contributed by atoms with Gasteiger partial charge in [-0.1, -0.05) is 6.07 Å². The van der Waals surface area contributed by atoms with Gasteiger partial charge < -0.3 is 5.32 Å². The fraction of sp³-hybridized carbons (Fsp3) is 0.0769. The summed E-state index contributed by atoms with van der Waals surface area (Å²) in [4.78, 5) is 25.6. The number of hydrogen-bond donors (Lipinski definition) is 1. The molecule has 6 nitrogen and oxygen atoms in total. The first kappa shape index (κ1) is 13.6. The molecular formula is C13H10FN3O3. The number of nitrogens with zero attached hydrogens (tertiary/aromatic N) is 2. The van der Waals surface area contributed by atoms with Gasteiger partial charge in [-0.15, -0.1) is 0 Å². The summed E-state index contributed by atoms with van der Waals surface area (Å²) in [6.07, 6.45) is 1.15. The van der Waals surface area contributed by atoms with Crippen molar-refractivity contribution in [3.05, 3.63) is 63.7 Å². The fourth-order valence-corrected chi connectivity index (χ4v) is 1.64. The van der Waals surface area contributed by atoms with E-state index in [0.29, 0.717) is 5.56 Å². The van der Waals surface area contributed by atoms with Gasteiger partial charge in [0.15, 0.2) is 0 Å². The Labute approximate surface area is 113 Å². The number of rotatable bonds is 3. The van der Waals surface area contributed by atoms with Crippen molar-refractivity contribution in [3.63, 3.8) is 0 Å². The van der Waals surface area contributed by atoms with E-state index in [9.17, 15) is 19.3 Å². The first-order valence-corrected chi connectivity index (χ1v) is 5.65. The number of amides is 1. The van der Waals surface area contributed by atoms with E-state index >= 15 is 0 Å². The highest BCUT2D eigenvalue weighted by Crippen LogP contribution is 2.25. The van der Waals surface area contributed by atoms with Gasteiger partial charge in [-0.2, -0.15) is 4.39 Å². The summed E-state index contributed by atoms with van der Waals surface area (Å²) in [6.45, 7) is 1.71. The smallest absolute Gasteiger partial charge is 0.293 e. The van der Waals surface area contributed by atoms with E-state index in [0.717, 1.165) is 12.3 Å². The summed E-state index contributed by atoms with van der Waals surface area (Å²) in [5, 5.41) is 13.3. The van der Waals surface area contributed by atoms with Crippen molar-refractivity contribution < 1.29 is 14.1 Å². The van der Waals surface area contributed by atoms with Gasteiger partial charge in [0.2, 0.25) is 5.95 Å². The Morgan fingerprint density at radius 2 is 2.10 bits per heavy atom. The molecule has 1 aromatic carbocycles. The van der Waals surface area contributed by atoms with Crippen LogP contribution in [-0.2, 0) is 0 Å². The summed E-state index contributed by atoms with van der Waals surface area (Å²) in [5.41, 5.74) is 0.577. The Morgan fingerprint density at radius 3 is 2.75 bits per heavy atom. The van der Waals surface area contributed by atoms with Gasteiger partial charge in [0.1, 0.15) is 5.69 Å². The van der Waals surface area contributed by atoms with E-state index in [1.54, 1.807) is 13.0 Å². The van der Waals surface area contributed by atoms with Crippen molar-refractivity contribution in [2.75, 3.05) is 5.32 Å². The predicted molar refractivity (Wildman–Crippen MR) is 70.0 cm³/mol. The third-order valence-corrected chi connectivity index (χ3v) is 2.59. The van der Waals surface area contributed by atoms with Crippen LogP contribution >= 0.6 is 0 Å². The van der Waals surface area contributed by atoms with Crippen molar-refractivity contribution in [1.82, 2.24) is 4.98 Å². The van der Waals surface area contributed by atoms with E-state index in [1.807, 2.05) is 0 Å². The molecule has 0 saturated carbocycles. The standard InChI is InChI=1S/C13H10FN3O3/c1-8-2-3-10(11(6-8)17(19)20)16-13(18)9-4-5-15-12(14)7-9/h2-7H,1H3,(H,16,18). The number of hydrogen-bond acceptors (Lipinski definition) is 4. The van der Waals surface area contributed by atoms with E-state index in [4.69, 9.17) is 0 Å². The van der Waals surface area contributed by atoms with Gasteiger partial charge in [0, 0.05) is 23.9 Å². The van der Waals surface area contributed by atoms with E-state index in [2.05, 4.69) is 10.3 Å². The van der Waals surface area contributed by atoms with Crippen LogP contribution in [0.5, 0.6) is 0 Å². The first-order chi connectivity index (χ1) is 9.47. The largest absolute Gasteiger partial charge is 0.316 e. The molecule has 0 aliphatic rings. The maximum atomic E-state index is 12.9. The molecule has 1 amide bonds. The average Bonchev–Trinajstić information content (AvgIpc) is 2.40. The van der Waals surface area contributed by atoms with Crippen molar-refractivity contribution in [2.45, 2.75) is 6.92 Å². The van der Waals surface area contributed by atoms with Crippen molar-refractivity contribution in [2.24, 2.45) is 0 Å². The number of pyridine rings is 1. The third kappa shape index (κ3) is 2.94. The topological polar surface area (TPSA) is 85.1 Å². The predicted octanol–water partition coefficient (Wildman–Crippen LogP) is 2.69. The third-order valence-electron chi connectivity index (χ3n) is 2.59. The minimum absolute atomic E-state index is 0.0346. The zero-order valence-corrected chi connectivity index (χ0v) is 10.5. The van der Waals surface area contributed by atoms with Gasteiger partial charge in [0.05, 0.1) is 4.92 Å². The quantitative estimate of drug-likeness (QED) is 0.530. The van der Waals surface area contributed by atoms with Gasteiger partial charge >= 0.3 is 0 Å². The molecular weight excluding hydrogens is 265 g/mol. The second-order valence-corrected chi connectivity index (χ2v) is 4.10. The molecule has 0 fully saturated rings. The Balaban J connectivity index is 2.30. The number of carbonyl (C=O) groups is 1. The van der Waals surface area contributed by atoms with E-state index in [-0.39, 0.29) is 16.9 Å². The molecule has 0 aliphatic heterocycles. The lowest BCUT2D eigenvalue weighted by atomic mass is 10.2. The molecule has 2 rings (SSSR count). The normalized spacial score (nSPS) is 10.1. The zero-order valence-electron chi connectivity index (χ0n) is 10.5. The number of benzene rings is 1. The average molecular weight is 275 g/mol. The Bertz CT molecular complexity index is 688. The van der Waals surface area contributed by atoms with Crippen LogP contribution in [-0.4, -0.2) is 15.8 Å². The molecule has 0 aliphatic carbocycles. The number of nitro groups is 1. The number of nitrogens with one attached hydrogen (secondary N) is 1. The molecule has 20 heavy (non-hydrogen) atoms. The van der Waals surface area contributed by atoms with Crippen LogP contribution in [0.25, 0.3) is 0 Å². The molecule has 1 aromatic heterocycles. The Morgan fingerprint density at radius 1 is 1.35 bits per heavy atom. The van der Waals surface area contributed by atoms with Crippen LogP contribution in [0.3, 0.4) is 0 Å². The highest BCUT2D eigenvalue weighted by molar-refractivity contribution is 6.05. The molecule has 2 aromatic rings. The summed E-state index contributed by atoms with van der Waals surface area (Å²) in [7, 11) is 0. The SMILES string of the molecule is Cc1ccc(NC(=O)c2ccnc(F)c2)c([N+](=O)[O-])c1. The second-order valence-electron chi connectivity index (χ2n) is 4.10. The number of carbonyl (C=O) groups excluding carboxylic acids is 1. The monoisotopic (exact) mass is 275 g/mol. The highest BCUT2D eigenvalue weighted by atomic mass is 19.1. The number of aryl methyl sites for hydroxylation is 1. The van der Waals surface area contributed by atoms with Crippen LogP contribution in [0.1, 0.15) is 15.9 Å². The van der Waals surface area contributed by atoms with Crippen LogP contribution in [0.4, 0.5) is 15.8 Å². The molecule has 1 N–H and O–H groups in total. The molecule has 0 unspecified atom stereocenters. The molecule has 0 radical (unpaired) electrons.